The predicted octanol–water partition coefficient (Wildman–Crippen LogP) is 2.30. The van der Waals surface area contributed by atoms with Gasteiger partial charge in [-0.3, -0.25) is 14.5 Å². The van der Waals surface area contributed by atoms with Crippen LogP contribution < -0.4 is 0 Å². The Bertz CT molecular complexity index is 729. The summed E-state index contributed by atoms with van der Waals surface area (Å²) < 4.78 is 7.95. The molecule has 0 saturated carbocycles. The number of aromatic nitrogens is 3. The lowest BCUT2D eigenvalue weighted by atomic mass is 9.80. The Morgan fingerprint density at radius 3 is 2.81 bits per heavy atom. The molecule has 26 heavy (non-hydrogen) atoms. The second kappa shape index (κ2) is 7.76. The third-order valence-corrected chi connectivity index (χ3v) is 6.30. The average molecular weight is 376 g/mol. The number of hydrogen-bond donors (Lipinski definition) is 0. The third kappa shape index (κ3) is 4.34. The Morgan fingerprint density at radius 2 is 2.08 bits per heavy atom. The van der Waals surface area contributed by atoms with Crippen molar-refractivity contribution in [1.29, 1.82) is 0 Å². The fraction of sp³-hybridized carbons (Fsp3) is 0.684. The van der Waals surface area contributed by atoms with Crippen LogP contribution in [0.15, 0.2) is 17.8 Å². The molecule has 1 atom stereocenters. The fourth-order valence-corrected chi connectivity index (χ4v) is 5.03. The van der Waals surface area contributed by atoms with Crippen LogP contribution in [0.3, 0.4) is 0 Å². The van der Waals surface area contributed by atoms with Crippen LogP contribution in [0.25, 0.3) is 0 Å². The van der Waals surface area contributed by atoms with Crippen molar-refractivity contribution >= 4 is 11.3 Å². The number of rotatable bonds is 4. The molecule has 2 fully saturated rings. The molecule has 0 N–H and O–H groups in total. The summed E-state index contributed by atoms with van der Waals surface area (Å²) in [6, 6.07) is 0. The minimum Gasteiger partial charge on any atom is -0.379 e. The van der Waals surface area contributed by atoms with Crippen molar-refractivity contribution in [3.8, 4) is 0 Å². The topological polar surface area (TPSA) is 46.4 Å². The molecule has 2 aromatic heterocycles. The lowest BCUT2D eigenvalue weighted by molar-refractivity contribution is 0.00242. The van der Waals surface area contributed by atoms with E-state index in [9.17, 15) is 0 Å². The van der Waals surface area contributed by atoms with Gasteiger partial charge in [0.25, 0.3) is 0 Å². The molecule has 0 aromatic carbocycles. The number of hydrogen-bond acceptors (Lipinski definition) is 6. The van der Waals surface area contributed by atoms with Crippen LogP contribution in [0.5, 0.6) is 0 Å². The standard InChI is InChI=1S/C19H29N5OS/c1-16-21-18(12-26-16)11-24-6-7-25-15-19(14-24)4-3-5-23(13-19)10-17-8-20-22(2)9-17/h8-9,12H,3-7,10-11,13-15H2,1-2H3. The molecule has 2 aliphatic rings. The highest BCUT2D eigenvalue weighted by Crippen LogP contribution is 2.34. The first kappa shape index (κ1) is 18.1. The van der Waals surface area contributed by atoms with Crippen LogP contribution in [0.2, 0.25) is 0 Å². The molecular weight excluding hydrogens is 346 g/mol. The molecule has 4 heterocycles. The minimum atomic E-state index is 0.238. The van der Waals surface area contributed by atoms with Gasteiger partial charge in [0, 0.05) is 62.3 Å². The maximum Gasteiger partial charge on any atom is 0.0897 e. The maximum absolute atomic E-state index is 6.06. The van der Waals surface area contributed by atoms with Crippen LogP contribution in [0.1, 0.15) is 29.1 Å². The quantitative estimate of drug-likeness (QED) is 0.821. The zero-order valence-corrected chi connectivity index (χ0v) is 16.7. The highest BCUT2D eigenvalue weighted by atomic mass is 32.1. The van der Waals surface area contributed by atoms with E-state index >= 15 is 0 Å². The summed E-state index contributed by atoms with van der Waals surface area (Å²) in [7, 11) is 1.98. The van der Waals surface area contributed by atoms with E-state index in [1.165, 1.54) is 30.6 Å². The first-order valence-corrected chi connectivity index (χ1v) is 10.4. The number of likely N-dealkylation sites (tertiary alicyclic amines) is 1. The van der Waals surface area contributed by atoms with Gasteiger partial charge in [-0.2, -0.15) is 5.10 Å². The molecular formula is C19H29N5OS. The summed E-state index contributed by atoms with van der Waals surface area (Å²) in [6.45, 7) is 10.1. The number of nitrogens with zero attached hydrogens (tertiary/aromatic N) is 5. The molecule has 2 saturated heterocycles. The molecule has 6 nitrogen and oxygen atoms in total. The molecule has 4 rings (SSSR count). The molecule has 2 aromatic rings. The number of ether oxygens (including phenoxy) is 1. The molecule has 7 heteroatoms. The van der Waals surface area contributed by atoms with E-state index in [2.05, 4.69) is 38.4 Å². The van der Waals surface area contributed by atoms with E-state index in [-0.39, 0.29) is 5.41 Å². The van der Waals surface area contributed by atoms with Gasteiger partial charge < -0.3 is 4.74 Å². The Balaban J connectivity index is 1.42. The average Bonchev–Trinajstić information content (AvgIpc) is 3.14. The highest BCUT2D eigenvalue weighted by Gasteiger charge is 2.39. The Kier molecular flexibility index (Phi) is 5.40. The van der Waals surface area contributed by atoms with Gasteiger partial charge >= 0.3 is 0 Å². The molecule has 1 spiro atoms. The largest absolute Gasteiger partial charge is 0.379 e. The van der Waals surface area contributed by atoms with Gasteiger partial charge in [0.1, 0.15) is 0 Å². The van der Waals surface area contributed by atoms with Crippen molar-refractivity contribution in [3.63, 3.8) is 0 Å². The number of piperidine rings is 1. The van der Waals surface area contributed by atoms with Gasteiger partial charge in [-0.15, -0.1) is 11.3 Å². The van der Waals surface area contributed by atoms with E-state index in [1.807, 2.05) is 17.9 Å². The summed E-state index contributed by atoms with van der Waals surface area (Å²) in [5.41, 5.74) is 2.74. The van der Waals surface area contributed by atoms with Crippen molar-refractivity contribution in [3.05, 3.63) is 34.0 Å². The molecule has 0 radical (unpaired) electrons. The fourth-order valence-electron chi connectivity index (χ4n) is 4.43. The van der Waals surface area contributed by atoms with E-state index < -0.39 is 0 Å². The summed E-state index contributed by atoms with van der Waals surface area (Å²) in [5, 5.41) is 7.66. The molecule has 0 aliphatic carbocycles. The SMILES string of the molecule is Cc1nc(CN2CCOCC3(CCCN(Cc4cnn(C)c4)C3)C2)cs1. The second-order valence-electron chi connectivity index (χ2n) is 7.96. The zero-order valence-electron chi connectivity index (χ0n) is 15.9. The highest BCUT2D eigenvalue weighted by molar-refractivity contribution is 7.09. The Morgan fingerprint density at radius 1 is 1.23 bits per heavy atom. The van der Waals surface area contributed by atoms with Crippen molar-refractivity contribution < 1.29 is 4.74 Å². The van der Waals surface area contributed by atoms with Crippen LogP contribution in [0, 0.1) is 12.3 Å². The van der Waals surface area contributed by atoms with Crippen molar-refractivity contribution in [2.24, 2.45) is 12.5 Å². The number of thiazole rings is 1. The third-order valence-electron chi connectivity index (χ3n) is 5.48. The molecule has 1 unspecified atom stereocenters. The predicted molar refractivity (Wildman–Crippen MR) is 103 cm³/mol. The van der Waals surface area contributed by atoms with Crippen LogP contribution >= 0.6 is 11.3 Å². The van der Waals surface area contributed by atoms with Crippen LogP contribution in [-0.4, -0.2) is 64.0 Å². The molecule has 0 bridgehead atoms. The first-order chi connectivity index (χ1) is 12.6. The lowest BCUT2D eigenvalue weighted by Crippen LogP contribution is -2.50. The smallest absolute Gasteiger partial charge is 0.0897 e. The zero-order chi connectivity index (χ0) is 18.0. The summed E-state index contributed by atoms with van der Waals surface area (Å²) in [4.78, 5) is 9.79. The van der Waals surface area contributed by atoms with Crippen molar-refractivity contribution in [2.45, 2.75) is 32.9 Å². The minimum absolute atomic E-state index is 0.238. The van der Waals surface area contributed by atoms with Gasteiger partial charge in [0.05, 0.1) is 30.1 Å². The molecule has 0 amide bonds. The summed E-state index contributed by atoms with van der Waals surface area (Å²) in [6.07, 6.45) is 6.61. The van der Waals surface area contributed by atoms with Gasteiger partial charge in [0.2, 0.25) is 0 Å². The van der Waals surface area contributed by atoms with Crippen molar-refractivity contribution in [1.82, 2.24) is 24.6 Å². The summed E-state index contributed by atoms with van der Waals surface area (Å²) in [5.74, 6) is 0. The van der Waals surface area contributed by atoms with E-state index in [0.29, 0.717) is 0 Å². The van der Waals surface area contributed by atoms with E-state index in [4.69, 9.17) is 4.74 Å². The molecule has 2 aliphatic heterocycles. The van der Waals surface area contributed by atoms with Crippen LogP contribution in [0.4, 0.5) is 0 Å². The number of aryl methyl sites for hydroxylation is 2. The van der Waals surface area contributed by atoms with E-state index in [0.717, 1.165) is 50.9 Å². The lowest BCUT2D eigenvalue weighted by Gasteiger charge is -2.43. The maximum atomic E-state index is 6.06. The monoisotopic (exact) mass is 375 g/mol. The van der Waals surface area contributed by atoms with Crippen LogP contribution in [-0.2, 0) is 24.9 Å². The van der Waals surface area contributed by atoms with E-state index in [1.54, 1.807) is 11.3 Å². The Hall–Kier alpha value is -1.28. The second-order valence-corrected chi connectivity index (χ2v) is 9.02. The molecule has 142 valence electrons. The first-order valence-electron chi connectivity index (χ1n) is 9.51. The van der Waals surface area contributed by atoms with Crippen molar-refractivity contribution in [2.75, 3.05) is 39.4 Å². The van der Waals surface area contributed by atoms with Gasteiger partial charge in [-0.1, -0.05) is 0 Å². The van der Waals surface area contributed by atoms with Gasteiger partial charge in [-0.25, -0.2) is 4.98 Å². The normalized spacial score (nSPS) is 25.6. The van der Waals surface area contributed by atoms with Gasteiger partial charge in [0.15, 0.2) is 0 Å². The Labute approximate surface area is 159 Å². The summed E-state index contributed by atoms with van der Waals surface area (Å²) >= 11 is 1.74. The van der Waals surface area contributed by atoms with Gasteiger partial charge in [-0.05, 0) is 26.3 Å².